The van der Waals surface area contributed by atoms with Crippen LogP contribution >= 0.6 is 23.4 Å². The van der Waals surface area contributed by atoms with Gasteiger partial charge < -0.3 is 4.74 Å². The van der Waals surface area contributed by atoms with Gasteiger partial charge in [-0.15, -0.1) is 10.2 Å². The summed E-state index contributed by atoms with van der Waals surface area (Å²) < 4.78 is 7.21. The second kappa shape index (κ2) is 11.0. The van der Waals surface area contributed by atoms with E-state index in [1.165, 1.54) is 18.0 Å². The fraction of sp³-hybridized carbons (Fsp3) is 0.120. The number of aromatic nitrogens is 3. The van der Waals surface area contributed by atoms with E-state index in [2.05, 4.69) is 20.7 Å². The summed E-state index contributed by atoms with van der Waals surface area (Å²) in [6.45, 7) is 2.03. The van der Waals surface area contributed by atoms with E-state index in [1.807, 2.05) is 78.2 Å². The van der Waals surface area contributed by atoms with E-state index in [1.54, 1.807) is 13.2 Å². The first kappa shape index (κ1) is 23.5. The summed E-state index contributed by atoms with van der Waals surface area (Å²) in [6, 6.07) is 22.9. The molecule has 4 aromatic rings. The highest BCUT2D eigenvalue weighted by Gasteiger charge is 2.17. The summed E-state index contributed by atoms with van der Waals surface area (Å²) in [5, 5.41) is 13.9. The van der Waals surface area contributed by atoms with Gasteiger partial charge in [0.15, 0.2) is 11.0 Å². The van der Waals surface area contributed by atoms with Crippen LogP contribution in [0.5, 0.6) is 5.75 Å². The number of nitrogens with zero attached hydrogens (tertiary/aromatic N) is 4. The minimum atomic E-state index is -0.269. The van der Waals surface area contributed by atoms with E-state index < -0.39 is 0 Å². The molecule has 1 heterocycles. The molecule has 34 heavy (non-hydrogen) atoms. The number of benzene rings is 3. The highest BCUT2D eigenvalue weighted by Crippen LogP contribution is 2.29. The van der Waals surface area contributed by atoms with Crippen LogP contribution in [0, 0.1) is 6.92 Å². The molecule has 0 aliphatic heterocycles. The fourth-order valence-electron chi connectivity index (χ4n) is 3.13. The monoisotopic (exact) mass is 491 g/mol. The third-order valence-electron chi connectivity index (χ3n) is 4.90. The van der Waals surface area contributed by atoms with Crippen LogP contribution in [0.1, 0.15) is 11.1 Å². The van der Waals surface area contributed by atoms with Crippen molar-refractivity contribution in [2.24, 2.45) is 5.10 Å². The Morgan fingerprint density at radius 3 is 2.53 bits per heavy atom. The first-order chi connectivity index (χ1) is 16.5. The number of amides is 1. The summed E-state index contributed by atoms with van der Waals surface area (Å²) >= 11 is 7.38. The molecule has 0 bridgehead atoms. The van der Waals surface area contributed by atoms with Gasteiger partial charge in [-0.3, -0.25) is 9.36 Å². The average Bonchev–Trinajstić information content (AvgIpc) is 3.28. The lowest BCUT2D eigenvalue weighted by Gasteiger charge is -2.11. The van der Waals surface area contributed by atoms with E-state index in [4.69, 9.17) is 16.3 Å². The van der Waals surface area contributed by atoms with Crippen molar-refractivity contribution in [2.75, 3.05) is 12.9 Å². The standard InChI is InChI=1S/C25H22ClN5O2S/c1-17-7-9-18(10-8-17)24-29-30-25(31(24)20-11-13-21(33-2)14-12-20)34-16-23(32)28-27-15-19-5-3-4-6-22(19)26/h3-15H,16H2,1-2H3,(H,28,32)/b27-15-. The summed E-state index contributed by atoms with van der Waals surface area (Å²) in [7, 11) is 1.62. The molecule has 1 aromatic heterocycles. The van der Waals surface area contributed by atoms with Gasteiger partial charge in [0, 0.05) is 21.8 Å². The second-order valence-corrected chi connectivity index (χ2v) is 8.66. The van der Waals surface area contributed by atoms with Crippen LogP contribution in [-0.4, -0.2) is 39.7 Å². The molecule has 0 unspecified atom stereocenters. The van der Waals surface area contributed by atoms with Gasteiger partial charge in [0.05, 0.1) is 19.1 Å². The van der Waals surface area contributed by atoms with Gasteiger partial charge >= 0.3 is 0 Å². The van der Waals surface area contributed by atoms with Crippen LogP contribution < -0.4 is 10.2 Å². The molecule has 0 radical (unpaired) electrons. The largest absolute Gasteiger partial charge is 0.497 e. The Bertz CT molecular complexity index is 1300. The predicted molar refractivity (Wildman–Crippen MR) is 136 cm³/mol. The minimum Gasteiger partial charge on any atom is -0.497 e. The molecule has 7 nitrogen and oxygen atoms in total. The average molecular weight is 492 g/mol. The van der Waals surface area contributed by atoms with Gasteiger partial charge in [0.1, 0.15) is 5.75 Å². The molecule has 0 fully saturated rings. The number of aryl methyl sites for hydroxylation is 1. The van der Waals surface area contributed by atoms with Crippen molar-refractivity contribution >= 4 is 35.5 Å². The summed E-state index contributed by atoms with van der Waals surface area (Å²) in [4.78, 5) is 12.4. The molecule has 0 atom stereocenters. The Morgan fingerprint density at radius 2 is 1.82 bits per heavy atom. The lowest BCUT2D eigenvalue weighted by atomic mass is 10.1. The normalized spacial score (nSPS) is 11.0. The van der Waals surface area contributed by atoms with E-state index >= 15 is 0 Å². The van der Waals surface area contributed by atoms with Gasteiger partial charge in [0.2, 0.25) is 0 Å². The van der Waals surface area contributed by atoms with E-state index in [9.17, 15) is 4.79 Å². The number of carbonyl (C=O) groups excluding carboxylic acids is 1. The number of rotatable bonds is 8. The third kappa shape index (κ3) is 5.65. The third-order valence-corrected chi connectivity index (χ3v) is 6.18. The van der Waals surface area contributed by atoms with Crippen molar-refractivity contribution in [2.45, 2.75) is 12.1 Å². The maximum absolute atomic E-state index is 12.4. The van der Waals surface area contributed by atoms with E-state index in [-0.39, 0.29) is 11.7 Å². The SMILES string of the molecule is COc1ccc(-n2c(SCC(=O)N/N=C\c3ccccc3Cl)nnc2-c2ccc(C)cc2)cc1. The summed E-state index contributed by atoms with van der Waals surface area (Å²) in [5.74, 6) is 1.28. The van der Waals surface area contributed by atoms with Gasteiger partial charge in [-0.2, -0.15) is 5.10 Å². The molecule has 1 N–H and O–H groups in total. The highest BCUT2D eigenvalue weighted by atomic mass is 35.5. The summed E-state index contributed by atoms with van der Waals surface area (Å²) in [6.07, 6.45) is 1.51. The maximum Gasteiger partial charge on any atom is 0.250 e. The van der Waals surface area contributed by atoms with Crippen molar-refractivity contribution in [1.29, 1.82) is 0 Å². The molecule has 0 saturated heterocycles. The Balaban J connectivity index is 1.53. The molecular weight excluding hydrogens is 470 g/mol. The Labute approximate surface area is 206 Å². The van der Waals surface area contributed by atoms with Crippen LogP contribution in [0.3, 0.4) is 0 Å². The highest BCUT2D eigenvalue weighted by molar-refractivity contribution is 7.99. The van der Waals surface area contributed by atoms with Crippen molar-refractivity contribution in [3.8, 4) is 22.8 Å². The Hall–Kier alpha value is -3.62. The van der Waals surface area contributed by atoms with Crippen LogP contribution in [-0.2, 0) is 4.79 Å². The van der Waals surface area contributed by atoms with Crippen LogP contribution in [0.25, 0.3) is 17.1 Å². The molecule has 0 saturated carbocycles. The molecule has 0 aliphatic carbocycles. The first-order valence-corrected chi connectivity index (χ1v) is 11.8. The zero-order valence-corrected chi connectivity index (χ0v) is 20.2. The zero-order chi connectivity index (χ0) is 23.9. The molecule has 4 rings (SSSR count). The fourth-order valence-corrected chi connectivity index (χ4v) is 4.06. The van der Waals surface area contributed by atoms with Gasteiger partial charge in [-0.25, -0.2) is 5.43 Å². The maximum atomic E-state index is 12.4. The number of halogens is 1. The lowest BCUT2D eigenvalue weighted by Crippen LogP contribution is -2.20. The smallest absolute Gasteiger partial charge is 0.250 e. The topological polar surface area (TPSA) is 81.4 Å². The number of hydrazone groups is 1. The molecular formula is C25H22ClN5O2S. The molecule has 9 heteroatoms. The number of carbonyl (C=O) groups is 1. The number of methoxy groups -OCH3 is 1. The predicted octanol–water partition coefficient (Wildman–Crippen LogP) is 5.15. The second-order valence-electron chi connectivity index (χ2n) is 7.31. The minimum absolute atomic E-state index is 0.113. The molecule has 1 amide bonds. The lowest BCUT2D eigenvalue weighted by molar-refractivity contribution is -0.118. The van der Waals surface area contributed by atoms with Gasteiger partial charge in [-0.1, -0.05) is 71.4 Å². The number of thioether (sulfide) groups is 1. The van der Waals surface area contributed by atoms with E-state index in [0.29, 0.717) is 16.0 Å². The van der Waals surface area contributed by atoms with E-state index in [0.717, 1.165) is 28.1 Å². The summed E-state index contributed by atoms with van der Waals surface area (Å²) in [5.41, 5.74) is 6.19. The van der Waals surface area contributed by atoms with Crippen molar-refractivity contribution in [1.82, 2.24) is 20.2 Å². The molecule has 172 valence electrons. The van der Waals surface area contributed by atoms with Crippen LogP contribution in [0.4, 0.5) is 0 Å². The first-order valence-electron chi connectivity index (χ1n) is 10.4. The van der Waals surface area contributed by atoms with Crippen LogP contribution in [0.15, 0.2) is 83.1 Å². The number of nitrogens with one attached hydrogen (secondary N) is 1. The Kier molecular flexibility index (Phi) is 7.61. The van der Waals surface area contributed by atoms with Crippen molar-refractivity contribution in [3.63, 3.8) is 0 Å². The van der Waals surface area contributed by atoms with Gasteiger partial charge in [0.25, 0.3) is 5.91 Å². The molecule has 0 aliphatic rings. The molecule has 0 spiro atoms. The number of hydrogen-bond acceptors (Lipinski definition) is 6. The Morgan fingerprint density at radius 1 is 1.09 bits per heavy atom. The van der Waals surface area contributed by atoms with Gasteiger partial charge in [-0.05, 0) is 37.3 Å². The zero-order valence-electron chi connectivity index (χ0n) is 18.6. The molecule has 3 aromatic carbocycles. The van der Waals surface area contributed by atoms with Crippen molar-refractivity contribution in [3.05, 3.63) is 88.9 Å². The van der Waals surface area contributed by atoms with Crippen molar-refractivity contribution < 1.29 is 9.53 Å². The number of ether oxygens (including phenoxy) is 1. The number of hydrogen-bond donors (Lipinski definition) is 1. The van der Waals surface area contributed by atoms with Crippen LogP contribution in [0.2, 0.25) is 5.02 Å². The quantitative estimate of drug-likeness (QED) is 0.209.